The number of anilines is 1. The van der Waals surface area contributed by atoms with Crippen LogP contribution in [0.5, 0.6) is 11.5 Å². The molecule has 0 aliphatic rings. The van der Waals surface area contributed by atoms with Gasteiger partial charge >= 0.3 is 6.18 Å². The molecule has 0 aromatic heterocycles. The number of nitrogen functional groups attached to an aromatic ring is 1. The van der Waals surface area contributed by atoms with Gasteiger partial charge < -0.3 is 10.5 Å². The quantitative estimate of drug-likeness (QED) is 0.855. The molecule has 0 bridgehead atoms. The van der Waals surface area contributed by atoms with E-state index >= 15 is 0 Å². The van der Waals surface area contributed by atoms with Crippen LogP contribution < -0.4 is 10.5 Å². The normalized spacial score (nSPS) is 10.6. The van der Waals surface area contributed by atoms with Gasteiger partial charge in [0.05, 0.1) is 22.8 Å². The summed E-state index contributed by atoms with van der Waals surface area (Å²) in [5.74, 6) is -0.0536. The van der Waals surface area contributed by atoms with Gasteiger partial charge in [0.15, 0.2) is 0 Å². The van der Waals surface area contributed by atoms with E-state index in [4.69, 9.17) is 21.0 Å². The van der Waals surface area contributed by atoms with Gasteiger partial charge in [-0.05, 0) is 36.4 Å². The molecule has 7 heteroatoms. The molecule has 0 saturated heterocycles. The van der Waals surface area contributed by atoms with Crippen molar-refractivity contribution in [2.75, 3.05) is 5.73 Å². The van der Waals surface area contributed by atoms with Crippen molar-refractivity contribution < 1.29 is 17.9 Å². The fourth-order valence-electron chi connectivity index (χ4n) is 1.77. The van der Waals surface area contributed by atoms with Gasteiger partial charge in [0, 0.05) is 5.69 Å². The number of ether oxygens (including phenoxy) is 1. The Kier molecular flexibility index (Phi) is 3.91. The largest absolute Gasteiger partial charge is 0.456 e. The summed E-state index contributed by atoms with van der Waals surface area (Å²) in [5, 5.41) is 17.7. The summed E-state index contributed by atoms with van der Waals surface area (Å²) < 4.78 is 43.9. The van der Waals surface area contributed by atoms with E-state index in [9.17, 15) is 13.2 Å². The van der Waals surface area contributed by atoms with E-state index in [0.717, 1.165) is 12.1 Å². The lowest BCUT2D eigenvalue weighted by Crippen LogP contribution is -2.08. The van der Waals surface area contributed by atoms with Crippen molar-refractivity contribution in [1.82, 2.24) is 0 Å². The fraction of sp³-hybridized carbons (Fsp3) is 0.0667. The molecule has 4 nitrogen and oxygen atoms in total. The monoisotopic (exact) mass is 303 g/mol. The molecular weight excluding hydrogens is 295 g/mol. The van der Waals surface area contributed by atoms with Crippen LogP contribution in [0.4, 0.5) is 18.9 Å². The van der Waals surface area contributed by atoms with Crippen LogP contribution in [-0.2, 0) is 6.18 Å². The number of benzene rings is 2. The molecule has 2 aromatic rings. The Morgan fingerprint density at radius 1 is 0.955 bits per heavy atom. The highest BCUT2D eigenvalue weighted by Crippen LogP contribution is 2.36. The predicted molar refractivity (Wildman–Crippen MR) is 71.8 cm³/mol. The van der Waals surface area contributed by atoms with E-state index in [1.165, 1.54) is 30.3 Å². The van der Waals surface area contributed by atoms with Crippen molar-refractivity contribution in [1.29, 1.82) is 10.5 Å². The average Bonchev–Trinajstić information content (AvgIpc) is 2.48. The van der Waals surface area contributed by atoms with E-state index in [1.54, 1.807) is 0 Å². The van der Waals surface area contributed by atoms with Crippen LogP contribution in [0.1, 0.15) is 16.7 Å². The Labute approximate surface area is 123 Å². The van der Waals surface area contributed by atoms with Gasteiger partial charge in [-0.2, -0.15) is 23.7 Å². The first-order valence-corrected chi connectivity index (χ1v) is 5.94. The van der Waals surface area contributed by atoms with Gasteiger partial charge in [0.2, 0.25) is 0 Å². The Balaban J connectivity index is 2.44. The number of alkyl halides is 3. The molecular formula is C15H8F3N3O. The van der Waals surface area contributed by atoms with Gasteiger partial charge in [-0.15, -0.1) is 0 Å². The molecule has 0 aliphatic carbocycles. The van der Waals surface area contributed by atoms with Crippen LogP contribution in [0.25, 0.3) is 0 Å². The zero-order valence-corrected chi connectivity index (χ0v) is 11.0. The second-order valence-electron chi connectivity index (χ2n) is 4.29. The molecule has 22 heavy (non-hydrogen) atoms. The van der Waals surface area contributed by atoms with Crippen LogP contribution in [0.3, 0.4) is 0 Å². The van der Waals surface area contributed by atoms with E-state index in [1.807, 2.05) is 6.07 Å². The molecule has 0 unspecified atom stereocenters. The van der Waals surface area contributed by atoms with Crippen molar-refractivity contribution in [3.8, 4) is 23.6 Å². The summed E-state index contributed by atoms with van der Waals surface area (Å²) >= 11 is 0. The maximum absolute atomic E-state index is 12.9. The van der Waals surface area contributed by atoms with Crippen LogP contribution in [0.2, 0.25) is 0 Å². The lowest BCUT2D eigenvalue weighted by Gasteiger charge is -2.12. The Bertz CT molecular complexity index is 801. The smallest absolute Gasteiger partial charge is 0.417 e. The average molecular weight is 303 g/mol. The highest BCUT2D eigenvalue weighted by Gasteiger charge is 2.34. The molecule has 110 valence electrons. The van der Waals surface area contributed by atoms with Gasteiger partial charge in [-0.1, -0.05) is 0 Å². The first kappa shape index (κ1) is 15.2. The third-order valence-electron chi connectivity index (χ3n) is 2.77. The SMILES string of the molecule is N#Cc1cc(N)ccc1Oc1ccc(C#N)c(C(F)(F)F)c1. The topological polar surface area (TPSA) is 82.8 Å². The fourth-order valence-corrected chi connectivity index (χ4v) is 1.77. The van der Waals surface area contributed by atoms with Gasteiger partial charge in [-0.25, -0.2) is 0 Å². The molecule has 0 heterocycles. The molecule has 0 saturated carbocycles. The molecule has 0 spiro atoms. The maximum atomic E-state index is 12.9. The Hall–Kier alpha value is -3.19. The number of nitrogens with two attached hydrogens (primary N) is 1. The van der Waals surface area contributed by atoms with Crippen LogP contribution in [0.15, 0.2) is 36.4 Å². The Morgan fingerprint density at radius 2 is 1.64 bits per heavy atom. The predicted octanol–water partition coefficient (Wildman–Crippen LogP) is 3.82. The second kappa shape index (κ2) is 5.66. The van der Waals surface area contributed by atoms with Crippen molar-refractivity contribution in [3.05, 3.63) is 53.1 Å². The zero-order chi connectivity index (χ0) is 16.3. The molecule has 0 atom stereocenters. The van der Waals surface area contributed by atoms with Crippen molar-refractivity contribution in [2.45, 2.75) is 6.18 Å². The highest BCUT2D eigenvalue weighted by atomic mass is 19.4. The van der Waals surface area contributed by atoms with Crippen molar-refractivity contribution >= 4 is 5.69 Å². The van der Waals surface area contributed by atoms with E-state index in [2.05, 4.69) is 0 Å². The number of hydrogen-bond donors (Lipinski definition) is 1. The summed E-state index contributed by atoms with van der Waals surface area (Å²) in [7, 11) is 0. The van der Waals surface area contributed by atoms with Gasteiger partial charge in [0.25, 0.3) is 0 Å². The molecule has 2 rings (SSSR count). The van der Waals surface area contributed by atoms with Crippen molar-refractivity contribution in [2.24, 2.45) is 0 Å². The minimum absolute atomic E-state index is 0.0783. The molecule has 0 amide bonds. The van der Waals surface area contributed by atoms with Crippen LogP contribution in [0, 0.1) is 22.7 Å². The molecule has 2 N–H and O–H groups in total. The highest BCUT2D eigenvalue weighted by molar-refractivity contribution is 5.54. The minimum Gasteiger partial charge on any atom is -0.456 e. The molecule has 0 aliphatic heterocycles. The number of nitrogens with zero attached hydrogens (tertiary/aromatic N) is 2. The number of rotatable bonds is 2. The van der Waals surface area contributed by atoms with Gasteiger partial charge in [0.1, 0.15) is 17.6 Å². The summed E-state index contributed by atoms with van der Waals surface area (Å²) in [5.41, 5.74) is 4.35. The van der Waals surface area contributed by atoms with Crippen molar-refractivity contribution in [3.63, 3.8) is 0 Å². The van der Waals surface area contributed by atoms with Gasteiger partial charge in [-0.3, -0.25) is 0 Å². The summed E-state index contributed by atoms with van der Waals surface area (Å²) in [6, 6.07) is 10.5. The lowest BCUT2D eigenvalue weighted by molar-refractivity contribution is -0.137. The standard InChI is InChI=1S/C15H8F3N3O/c16-15(17,18)13-6-12(3-1-9(13)7-19)22-14-4-2-11(21)5-10(14)8-20/h1-6H,21H2. The number of hydrogen-bond acceptors (Lipinski definition) is 4. The summed E-state index contributed by atoms with van der Waals surface area (Å²) in [6.07, 6.45) is -4.68. The number of nitriles is 2. The second-order valence-corrected chi connectivity index (χ2v) is 4.29. The number of halogens is 3. The molecule has 0 fully saturated rings. The lowest BCUT2D eigenvalue weighted by atomic mass is 10.1. The maximum Gasteiger partial charge on any atom is 0.417 e. The molecule has 0 radical (unpaired) electrons. The summed E-state index contributed by atoms with van der Waals surface area (Å²) in [4.78, 5) is 0. The van der Waals surface area contributed by atoms with Crippen LogP contribution >= 0.6 is 0 Å². The first-order valence-electron chi connectivity index (χ1n) is 5.94. The van der Waals surface area contributed by atoms with E-state index in [0.29, 0.717) is 5.69 Å². The third kappa shape index (κ3) is 3.10. The summed E-state index contributed by atoms with van der Waals surface area (Å²) in [6.45, 7) is 0. The van der Waals surface area contributed by atoms with Crippen LogP contribution in [-0.4, -0.2) is 0 Å². The third-order valence-corrected chi connectivity index (χ3v) is 2.77. The van der Waals surface area contributed by atoms with E-state index in [-0.39, 0.29) is 17.1 Å². The van der Waals surface area contributed by atoms with E-state index < -0.39 is 17.3 Å². The zero-order valence-electron chi connectivity index (χ0n) is 11.0. The first-order chi connectivity index (χ1) is 10.3. The molecule has 2 aromatic carbocycles. The Morgan fingerprint density at radius 3 is 2.23 bits per heavy atom. The minimum atomic E-state index is -4.68.